The maximum atomic E-state index is 13.5. The largest absolute Gasteiger partial charge is 0.465 e. The van der Waals surface area contributed by atoms with E-state index in [-0.39, 0.29) is 22.4 Å². The van der Waals surface area contributed by atoms with Gasteiger partial charge in [-0.25, -0.2) is 9.18 Å². The van der Waals surface area contributed by atoms with E-state index in [1.165, 1.54) is 20.1 Å². The van der Waals surface area contributed by atoms with Gasteiger partial charge in [0.2, 0.25) is 0 Å². The molecule has 1 aromatic rings. The molecule has 0 amide bonds. The summed E-state index contributed by atoms with van der Waals surface area (Å²) in [7, 11) is 1.20. The number of esters is 1. The third kappa shape index (κ3) is 3.30. The summed E-state index contributed by atoms with van der Waals surface area (Å²) in [6.07, 6.45) is 1.09. The third-order valence-corrected chi connectivity index (χ3v) is 2.32. The van der Waals surface area contributed by atoms with Crippen LogP contribution in [0.5, 0.6) is 0 Å². The Balaban J connectivity index is 3.23. The first-order valence-electron chi connectivity index (χ1n) is 5.18. The van der Waals surface area contributed by atoms with E-state index in [1.807, 2.05) is 0 Å². The van der Waals surface area contributed by atoms with Gasteiger partial charge >= 0.3 is 5.97 Å². The number of allylic oxidation sites excluding steroid dienone is 1. The van der Waals surface area contributed by atoms with Crippen LogP contribution in [0.4, 0.5) is 10.1 Å². The molecule has 0 aliphatic heterocycles. The van der Waals surface area contributed by atoms with Crippen LogP contribution in [0.1, 0.15) is 15.9 Å². The van der Waals surface area contributed by atoms with Crippen molar-refractivity contribution in [1.29, 1.82) is 10.5 Å². The second kappa shape index (κ2) is 6.18. The number of halogens is 1. The number of nitrogens with one attached hydrogen (secondary N) is 1. The molecule has 0 aliphatic carbocycles. The molecule has 19 heavy (non-hydrogen) atoms. The fourth-order valence-electron chi connectivity index (χ4n) is 1.32. The molecule has 0 saturated carbocycles. The number of benzene rings is 1. The number of rotatable bonds is 3. The fourth-order valence-corrected chi connectivity index (χ4v) is 1.32. The number of hydrogen-bond donors (Lipinski definition) is 1. The molecule has 96 valence electrons. The summed E-state index contributed by atoms with van der Waals surface area (Å²) in [5.41, 5.74) is 0.332. The van der Waals surface area contributed by atoms with Gasteiger partial charge < -0.3 is 10.1 Å². The molecule has 5 nitrogen and oxygen atoms in total. The number of hydrogen-bond acceptors (Lipinski definition) is 5. The maximum Gasteiger partial charge on any atom is 0.339 e. The first-order valence-corrected chi connectivity index (χ1v) is 5.18. The van der Waals surface area contributed by atoms with Crippen molar-refractivity contribution in [3.63, 3.8) is 0 Å². The molecule has 0 bridgehead atoms. The SMILES string of the molecule is COC(=O)c1cc(C)c(F)cc1NC=C(C#N)C#N. The maximum absolute atomic E-state index is 13.5. The summed E-state index contributed by atoms with van der Waals surface area (Å²) < 4.78 is 18.1. The first kappa shape index (κ1) is 14.2. The van der Waals surface area contributed by atoms with Gasteiger partial charge in [0.1, 0.15) is 23.5 Å². The van der Waals surface area contributed by atoms with Crippen LogP contribution in [0, 0.1) is 35.4 Å². The van der Waals surface area contributed by atoms with Gasteiger partial charge in [-0.05, 0) is 24.6 Å². The van der Waals surface area contributed by atoms with Crippen LogP contribution in [-0.4, -0.2) is 13.1 Å². The van der Waals surface area contributed by atoms with E-state index in [9.17, 15) is 9.18 Å². The Morgan fingerprint density at radius 2 is 2.05 bits per heavy atom. The molecule has 0 spiro atoms. The van der Waals surface area contributed by atoms with E-state index in [0.717, 1.165) is 12.3 Å². The molecule has 0 heterocycles. The highest BCUT2D eigenvalue weighted by Crippen LogP contribution is 2.21. The second-order valence-corrected chi connectivity index (χ2v) is 3.56. The number of carbonyl (C=O) groups is 1. The molecule has 0 aromatic heterocycles. The number of methoxy groups -OCH3 is 1. The van der Waals surface area contributed by atoms with Crippen molar-refractivity contribution < 1.29 is 13.9 Å². The smallest absolute Gasteiger partial charge is 0.339 e. The molecule has 0 atom stereocenters. The third-order valence-electron chi connectivity index (χ3n) is 2.32. The van der Waals surface area contributed by atoms with Crippen molar-refractivity contribution in [3.05, 3.63) is 40.8 Å². The van der Waals surface area contributed by atoms with E-state index < -0.39 is 11.8 Å². The molecular formula is C13H10FN3O2. The lowest BCUT2D eigenvalue weighted by Gasteiger charge is -2.09. The lowest BCUT2D eigenvalue weighted by atomic mass is 10.1. The standard InChI is InChI=1S/C13H10FN3O2/c1-8-3-10(13(18)19-2)12(4-11(8)14)17-7-9(5-15)6-16/h3-4,7,17H,1-2H3. The quantitative estimate of drug-likeness (QED) is 0.664. The summed E-state index contributed by atoms with van der Waals surface area (Å²) >= 11 is 0. The summed E-state index contributed by atoms with van der Waals surface area (Å²) in [6.45, 7) is 1.51. The Kier molecular flexibility index (Phi) is 4.62. The number of ether oxygens (including phenoxy) is 1. The zero-order chi connectivity index (χ0) is 14.4. The fraction of sp³-hybridized carbons (Fsp3) is 0.154. The van der Waals surface area contributed by atoms with Gasteiger partial charge in [-0.1, -0.05) is 0 Å². The summed E-state index contributed by atoms with van der Waals surface area (Å²) in [5, 5.41) is 19.7. The Labute approximate surface area is 109 Å². The summed E-state index contributed by atoms with van der Waals surface area (Å²) in [5.74, 6) is -1.16. The molecule has 1 rings (SSSR count). The number of carbonyl (C=O) groups excluding carboxylic acids is 1. The van der Waals surface area contributed by atoms with Crippen molar-refractivity contribution in [2.24, 2.45) is 0 Å². The number of aryl methyl sites for hydroxylation is 1. The van der Waals surface area contributed by atoms with Crippen molar-refractivity contribution >= 4 is 11.7 Å². The van der Waals surface area contributed by atoms with Crippen LogP contribution in [0.15, 0.2) is 23.9 Å². The van der Waals surface area contributed by atoms with Gasteiger partial charge in [-0.3, -0.25) is 0 Å². The average molecular weight is 259 g/mol. The topological polar surface area (TPSA) is 85.9 Å². The molecule has 0 saturated heterocycles. The Bertz CT molecular complexity index is 608. The molecule has 0 unspecified atom stereocenters. The van der Waals surface area contributed by atoms with Gasteiger partial charge in [-0.15, -0.1) is 0 Å². The molecule has 0 fully saturated rings. The van der Waals surface area contributed by atoms with Crippen LogP contribution in [0.2, 0.25) is 0 Å². The van der Waals surface area contributed by atoms with Crippen molar-refractivity contribution in [3.8, 4) is 12.1 Å². The van der Waals surface area contributed by atoms with Crippen LogP contribution >= 0.6 is 0 Å². The van der Waals surface area contributed by atoms with E-state index in [0.29, 0.717) is 0 Å². The van der Waals surface area contributed by atoms with Gasteiger partial charge in [0, 0.05) is 6.20 Å². The van der Waals surface area contributed by atoms with Gasteiger partial charge in [-0.2, -0.15) is 10.5 Å². The van der Waals surface area contributed by atoms with E-state index in [4.69, 9.17) is 10.5 Å². The lowest BCUT2D eigenvalue weighted by Crippen LogP contribution is -2.07. The van der Waals surface area contributed by atoms with Crippen molar-refractivity contribution in [2.75, 3.05) is 12.4 Å². The zero-order valence-corrected chi connectivity index (χ0v) is 10.3. The summed E-state index contributed by atoms with van der Waals surface area (Å²) in [6, 6.07) is 5.71. The Hall–Kier alpha value is -2.86. The van der Waals surface area contributed by atoms with E-state index in [2.05, 4.69) is 10.1 Å². The molecule has 0 aliphatic rings. The van der Waals surface area contributed by atoms with Gasteiger partial charge in [0.05, 0.1) is 18.4 Å². The minimum absolute atomic E-state index is 0.118. The predicted octanol–water partition coefficient (Wildman–Crippen LogP) is 2.26. The van der Waals surface area contributed by atoms with E-state index >= 15 is 0 Å². The number of nitriles is 2. The van der Waals surface area contributed by atoms with Crippen molar-refractivity contribution in [2.45, 2.75) is 6.92 Å². The molecule has 1 N–H and O–H groups in total. The monoisotopic (exact) mass is 259 g/mol. The minimum Gasteiger partial charge on any atom is -0.465 e. The Morgan fingerprint density at radius 1 is 1.42 bits per heavy atom. The van der Waals surface area contributed by atoms with Crippen molar-refractivity contribution in [1.82, 2.24) is 0 Å². The zero-order valence-electron chi connectivity index (χ0n) is 10.3. The summed E-state index contributed by atoms with van der Waals surface area (Å²) in [4.78, 5) is 11.5. The molecular weight excluding hydrogens is 249 g/mol. The second-order valence-electron chi connectivity index (χ2n) is 3.56. The van der Waals surface area contributed by atoms with Gasteiger partial charge in [0.25, 0.3) is 0 Å². The van der Waals surface area contributed by atoms with Crippen LogP contribution in [0.25, 0.3) is 0 Å². The molecule has 6 heteroatoms. The lowest BCUT2D eigenvalue weighted by molar-refractivity contribution is 0.0601. The van der Waals surface area contributed by atoms with E-state index in [1.54, 1.807) is 12.1 Å². The van der Waals surface area contributed by atoms with Crippen LogP contribution in [0.3, 0.4) is 0 Å². The first-order chi connectivity index (χ1) is 9.03. The highest BCUT2D eigenvalue weighted by atomic mass is 19.1. The van der Waals surface area contributed by atoms with Gasteiger partial charge in [0.15, 0.2) is 0 Å². The van der Waals surface area contributed by atoms with Crippen LogP contribution < -0.4 is 5.32 Å². The normalized spacial score (nSPS) is 8.89. The molecule has 1 aromatic carbocycles. The average Bonchev–Trinajstić information content (AvgIpc) is 2.42. The number of nitrogens with zero attached hydrogens (tertiary/aromatic N) is 2. The van der Waals surface area contributed by atoms with Crippen LogP contribution in [-0.2, 0) is 4.74 Å². The predicted molar refractivity (Wildman–Crippen MR) is 65.4 cm³/mol. The Morgan fingerprint density at radius 3 is 2.58 bits per heavy atom. The minimum atomic E-state index is -0.644. The highest BCUT2D eigenvalue weighted by molar-refractivity contribution is 5.96. The number of anilines is 1. The highest BCUT2D eigenvalue weighted by Gasteiger charge is 2.14. The molecule has 0 radical (unpaired) electrons.